The molecule has 0 aliphatic rings. The lowest BCUT2D eigenvalue weighted by Gasteiger charge is -2.09. The van der Waals surface area contributed by atoms with Gasteiger partial charge in [0, 0.05) is 11.4 Å². The van der Waals surface area contributed by atoms with Crippen molar-refractivity contribution in [1.82, 2.24) is 19.6 Å². The summed E-state index contributed by atoms with van der Waals surface area (Å²) in [5.41, 5.74) is 2.95. The van der Waals surface area contributed by atoms with Gasteiger partial charge in [-0.2, -0.15) is 4.98 Å². The van der Waals surface area contributed by atoms with Gasteiger partial charge in [0.2, 0.25) is 0 Å². The molecule has 0 spiro atoms. The van der Waals surface area contributed by atoms with E-state index < -0.39 is 5.97 Å². The Morgan fingerprint density at radius 2 is 2.06 bits per heavy atom. The Morgan fingerprint density at radius 1 is 1.33 bits per heavy atom. The summed E-state index contributed by atoms with van der Waals surface area (Å²) in [6, 6.07) is 0. The number of aromatic nitrogens is 4. The average molecular weight is 248 g/mol. The Balaban J connectivity index is 2.57. The van der Waals surface area contributed by atoms with Crippen molar-refractivity contribution in [2.24, 2.45) is 0 Å². The lowest BCUT2D eigenvalue weighted by Crippen LogP contribution is -2.06. The normalized spacial score (nSPS) is 11.1. The molecule has 0 saturated carbocycles. The van der Waals surface area contributed by atoms with Crippen LogP contribution in [0.3, 0.4) is 0 Å². The molecule has 0 aromatic carbocycles. The van der Waals surface area contributed by atoms with Crippen LogP contribution in [0.5, 0.6) is 0 Å². The lowest BCUT2D eigenvalue weighted by atomic mass is 10.1. The topological polar surface area (TPSA) is 80.4 Å². The zero-order valence-corrected chi connectivity index (χ0v) is 10.8. The highest BCUT2D eigenvalue weighted by Gasteiger charge is 2.16. The van der Waals surface area contributed by atoms with E-state index in [1.807, 2.05) is 13.8 Å². The maximum Gasteiger partial charge on any atom is 0.375 e. The number of hydrogen-bond donors (Lipinski definition) is 1. The Morgan fingerprint density at radius 3 is 2.67 bits per heavy atom. The number of aryl methyl sites for hydroxylation is 2. The van der Waals surface area contributed by atoms with Gasteiger partial charge in [0.05, 0.1) is 0 Å². The Hall–Kier alpha value is -1.98. The molecule has 18 heavy (non-hydrogen) atoms. The predicted molar refractivity (Wildman–Crippen MR) is 65.8 cm³/mol. The van der Waals surface area contributed by atoms with Gasteiger partial charge in [0.15, 0.2) is 0 Å². The monoisotopic (exact) mass is 248 g/mol. The molecule has 2 heterocycles. The second kappa shape index (κ2) is 4.72. The van der Waals surface area contributed by atoms with E-state index in [4.69, 9.17) is 5.11 Å². The van der Waals surface area contributed by atoms with E-state index in [-0.39, 0.29) is 5.82 Å². The molecule has 0 aliphatic heterocycles. The molecule has 0 atom stereocenters. The zero-order valence-electron chi connectivity index (χ0n) is 10.8. The van der Waals surface area contributed by atoms with E-state index in [1.54, 1.807) is 0 Å². The quantitative estimate of drug-likeness (QED) is 0.892. The van der Waals surface area contributed by atoms with Gasteiger partial charge in [-0.3, -0.25) is 0 Å². The second-order valence-corrected chi connectivity index (χ2v) is 4.32. The molecule has 6 heteroatoms. The summed E-state index contributed by atoms with van der Waals surface area (Å²) in [6.07, 6.45) is 3.11. The number of aromatic carboxylic acids is 1. The molecule has 1 N–H and O–H groups in total. The average Bonchev–Trinajstić information content (AvgIpc) is 2.73. The van der Waals surface area contributed by atoms with Crippen LogP contribution in [0, 0.1) is 13.8 Å². The van der Waals surface area contributed by atoms with Crippen molar-refractivity contribution in [3.05, 3.63) is 22.8 Å². The first kappa shape index (κ1) is 12.5. The summed E-state index contributed by atoms with van der Waals surface area (Å²) in [7, 11) is 0. The molecule has 2 rings (SSSR count). The van der Waals surface area contributed by atoms with Gasteiger partial charge in [-0.25, -0.2) is 14.3 Å². The third-order valence-corrected chi connectivity index (χ3v) is 3.02. The summed E-state index contributed by atoms with van der Waals surface area (Å²) in [5, 5.41) is 12.9. The largest absolute Gasteiger partial charge is 0.475 e. The first-order chi connectivity index (χ1) is 8.54. The van der Waals surface area contributed by atoms with Crippen LogP contribution in [-0.2, 0) is 6.42 Å². The van der Waals surface area contributed by atoms with Crippen LogP contribution in [0.15, 0.2) is 0 Å². The number of nitrogens with zero attached hydrogens (tertiary/aromatic N) is 4. The van der Waals surface area contributed by atoms with E-state index in [9.17, 15) is 4.79 Å². The molecule has 0 amide bonds. The van der Waals surface area contributed by atoms with Gasteiger partial charge in [-0.05, 0) is 32.3 Å². The minimum atomic E-state index is -1.13. The fourth-order valence-electron chi connectivity index (χ4n) is 2.01. The van der Waals surface area contributed by atoms with Crippen LogP contribution >= 0.6 is 0 Å². The maximum absolute atomic E-state index is 10.9. The Bertz CT molecular complexity index is 604. The van der Waals surface area contributed by atoms with Crippen molar-refractivity contribution in [3.63, 3.8) is 0 Å². The van der Waals surface area contributed by atoms with Crippen molar-refractivity contribution in [2.75, 3.05) is 0 Å². The highest BCUT2D eigenvalue weighted by molar-refractivity contribution is 5.83. The molecule has 0 bridgehead atoms. The Kier molecular flexibility index (Phi) is 3.27. The van der Waals surface area contributed by atoms with Gasteiger partial charge in [-0.1, -0.05) is 13.3 Å². The van der Waals surface area contributed by atoms with Crippen molar-refractivity contribution < 1.29 is 9.90 Å². The van der Waals surface area contributed by atoms with E-state index >= 15 is 0 Å². The zero-order chi connectivity index (χ0) is 13.3. The summed E-state index contributed by atoms with van der Waals surface area (Å²) >= 11 is 0. The summed E-state index contributed by atoms with van der Waals surface area (Å²) in [4.78, 5) is 19.1. The number of fused-ring (bicyclic) bond motifs is 1. The highest BCUT2D eigenvalue weighted by Crippen LogP contribution is 2.16. The number of rotatable bonds is 4. The smallest absolute Gasteiger partial charge is 0.375 e. The fraction of sp³-hybridized carbons (Fsp3) is 0.500. The van der Waals surface area contributed by atoms with E-state index in [0.717, 1.165) is 36.2 Å². The first-order valence-electron chi connectivity index (χ1n) is 6.00. The van der Waals surface area contributed by atoms with Crippen LogP contribution < -0.4 is 0 Å². The minimum absolute atomic E-state index is 0.211. The van der Waals surface area contributed by atoms with Crippen LogP contribution in [-0.4, -0.2) is 30.7 Å². The molecule has 2 aromatic rings. The van der Waals surface area contributed by atoms with E-state index in [1.165, 1.54) is 4.52 Å². The number of carboxylic acids is 1. The van der Waals surface area contributed by atoms with Crippen LogP contribution in [0.4, 0.5) is 0 Å². The van der Waals surface area contributed by atoms with Gasteiger partial charge < -0.3 is 5.11 Å². The number of hydrogen-bond acceptors (Lipinski definition) is 4. The van der Waals surface area contributed by atoms with Crippen LogP contribution in [0.25, 0.3) is 5.78 Å². The van der Waals surface area contributed by atoms with Gasteiger partial charge in [-0.15, -0.1) is 5.10 Å². The molecule has 0 fully saturated rings. The molecule has 0 radical (unpaired) electrons. The van der Waals surface area contributed by atoms with Crippen molar-refractivity contribution in [2.45, 2.75) is 40.0 Å². The summed E-state index contributed by atoms with van der Waals surface area (Å²) in [5.74, 6) is -0.993. The maximum atomic E-state index is 10.9. The van der Waals surface area contributed by atoms with Crippen molar-refractivity contribution in [3.8, 4) is 0 Å². The molecular weight excluding hydrogens is 232 g/mol. The van der Waals surface area contributed by atoms with Gasteiger partial charge in [0.1, 0.15) is 0 Å². The number of carboxylic acid groups (broad SMARTS) is 1. The predicted octanol–water partition coefficient (Wildman–Crippen LogP) is 1.78. The molecule has 0 saturated heterocycles. The van der Waals surface area contributed by atoms with Gasteiger partial charge in [0.25, 0.3) is 11.6 Å². The summed E-state index contributed by atoms with van der Waals surface area (Å²) in [6.45, 7) is 5.98. The third kappa shape index (κ3) is 2.05. The van der Waals surface area contributed by atoms with Crippen molar-refractivity contribution >= 4 is 11.7 Å². The lowest BCUT2D eigenvalue weighted by molar-refractivity contribution is 0.0684. The molecule has 0 aliphatic carbocycles. The minimum Gasteiger partial charge on any atom is -0.475 e. The third-order valence-electron chi connectivity index (χ3n) is 3.02. The second-order valence-electron chi connectivity index (χ2n) is 4.32. The molecular formula is C12H16N4O2. The van der Waals surface area contributed by atoms with E-state index in [2.05, 4.69) is 22.0 Å². The summed E-state index contributed by atoms with van der Waals surface area (Å²) < 4.78 is 1.52. The highest BCUT2D eigenvalue weighted by atomic mass is 16.4. The van der Waals surface area contributed by atoms with E-state index in [0.29, 0.717) is 5.78 Å². The molecule has 2 aromatic heterocycles. The SMILES string of the molecule is CCCCc1c(C)nc2nc(C(=O)O)nn2c1C. The van der Waals surface area contributed by atoms with Gasteiger partial charge >= 0.3 is 5.97 Å². The van der Waals surface area contributed by atoms with Crippen LogP contribution in [0.1, 0.15) is 47.3 Å². The number of unbranched alkanes of at least 4 members (excludes halogenated alkanes) is 1. The number of carbonyl (C=O) groups is 1. The Labute approximate surface area is 105 Å². The standard InChI is InChI=1S/C12H16N4O2/c1-4-5-6-9-7(2)13-12-14-10(11(17)18)15-16(12)8(9)3/h4-6H2,1-3H3,(H,17,18). The molecule has 6 nitrogen and oxygen atoms in total. The fourth-order valence-corrected chi connectivity index (χ4v) is 2.01. The molecule has 96 valence electrons. The molecule has 0 unspecified atom stereocenters. The van der Waals surface area contributed by atoms with Crippen molar-refractivity contribution in [1.29, 1.82) is 0 Å². The van der Waals surface area contributed by atoms with Crippen LogP contribution in [0.2, 0.25) is 0 Å². The first-order valence-corrected chi connectivity index (χ1v) is 6.00.